The van der Waals surface area contributed by atoms with E-state index in [2.05, 4.69) is 0 Å². The summed E-state index contributed by atoms with van der Waals surface area (Å²) in [6, 6.07) is 1.46. The van der Waals surface area contributed by atoms with E-state index in [4.69, 9.17) is 15.0 Å². The molecule has 0 fully saturated rings. The molecule has 2 aromatic rings. The molecule has 0 saturated heterocycles. The van der Waals surface area contributed by atoms with Crippen molar-refractivity contribution < 1.29 is 19.2 Å². The van der Waals surface area contributed by atoms with Gasteiger partial charge in [-0.25, -0.2) is 0 Å². The monoisotopic (exact) mass is 252 g/mol. The molecule has 0 spiro atoms. The fourth-order valence-electron chi connectivity index (χ4n) is 1.60. The van der Waals surface area contributed by atoms with Crippen LogP contribution in [-0.4, -0.2) is 22.4 Å². The number of primary amides is 1. The normalized spacial score (nSPS) is 10.7. The van der Waals surface area contributed by atoms with Crippen LogP contribution in [0.5, 0.6) is 5.75 Å². The zero-order chi connectivity index (χ0) is 13.3. The first-order valence-corrected chi connectivity index (χ1v) is 5.36. The van der Waals surface area contributed by atoms with Crippen molar-refractivity contribution >= 4 is 17.0 Å². The van der Waals surface area contributed by atoms with Gasteiger partial charge < -0.3 is 20.1 Å². The average Bonchev–Trinajstić information content (AvgIpc) is 2.77. The van der Waals surface area contributed by atoms with Crippen molar-refractivity contribution in [3.05, 3.63) is 28.2 Å². The lowest BCUT2D eigenvalue weighted by atomic mass is 10.2. The van der Waals surface area contributed by atoms with Crippen LogP contribution in [0.1, 0.15) is 23.7 Å². The summed E-state index contributed by atoms with van der Waals surface area (Å²) in [5.74, 6) is -1.60. The maximum absolute atomic E-state index is 12.0. The van der Waals surface area contributed by atoms with Gasteiger partial charge in [0.2, 0.25) is 0 Å². The highest BCUT2D eigenvalue weighted by Gasteiger charge is 2.23. The molecule has 0 aromatic carbocycles. The Kier molecular flexibility index (Phi) is 2.97. The molecule has 2 aromatic heterocycles. The topological polar surface area (TPSA) is 108 Å². The van der Waals surface area contributed by atoms with Crippen LogP contribution < -0.4 is 16.1 Å². The molecule has 0 aliphatic rings. The van der Waals surface area contributed by atoms with Gasteiger partial charge in [0.1, 0.15) is 12.1 Å². The number of furan rings is 1. The van der Waals surface area contributed by atoms with Crippen molar-refractivity contribution in [2.24, 2.45) is 5.73 Å². The summed E-state index contributed by atoms with van der Waals surface area (Å²) in [4.78, 5) is 28.4. The van der Waals surface area contributed by atoms with Gasteiger partial charge in [0.15, 0.2) is 16.9 Å². The van der Waals surface area contributed by atoms with Crippen LogP contribution >= 0.6 is 0 Å². The summed E-state index contributed by atoms with van der Waals surface area (Å²) in [6.45, 7) is 2.15. The first-order valence-electron chi connectivity index (χ1n) is 5.36. The second-order valence-corrected chi connectivity index (χ2v) is 3.66. The zero-order valence-corrected chi connectivity index (χ0v) is 9.67. The van der Waals surface area contributed by atoms with Gasteiger partial charge in [-0.15, -0.1) is 4.73 Å². The second-order valence-electron chi connectivity index (χ2n) is 3.66. The predicted octanol–water partition coefficient (Wildman–Crippen LogP) is 0.238. The van der Waals surface area contributed by atoms with Gasteiger partial charge in [-0.05, 0) is 6.42 Å². The van der Waals surface area contributed by atoms with E-state index in [9.17, 15) is 14.7 Å². The molecule has 18 heavy (non-hydrogen) atoms. The maximum Gasteiger partial charge on any atom is 0.300 e. The largest absolute Gasteiger partial charge is 0.503 e. The van der Waals surface area contributed by atoms with Gasteiger partial charge in [-0.3, -0.25) is 9.59 Å². The number of aromatic hydroxyl groups is 1. The molecule has 2 rings (SSSR count). The highest BCUT2D eigenvalue weighted by atomic mass is 16.7. The summed E-state index contributed by atoms with van der Waals surface area (Å²) in [6.07, 6.45) is 1.96. The number of nitrogens with zero attached hydrogens (tertiary/aromatic N) is 1. The summed E-state index contributed by atoms with van der Waals surface area (Å²) < 4.78 is 5.92. The minimum Gasteiger partial charge on any atom is -0.503 e. The molecule has 0 aliphatic heterocycles. The van der Waals surface area contributed by atoms with E-state index >= 15 is 0 Å². The Bertz CT molecular complexity index is 655. The molecule has 96 valence electrons. The number of carbonyl (C=O) groups is 1. The highest BCUT2D eigenvalue weighted by molar-refractivity contribution is 5.99. The highest BCUT2D eigenvalue weighted by Crippen LogP contribution is 2.26. The van der Waals surface area contributed by atoms with Crippen LogP contribution in [0, 0.1) is 0 Å². The van der Waals surface area contributed by atoms with Crippen molar-refractivity contribution in [3.8, 4) is 5.75 Å². The van der Waals surface area contributed by atoms with Crippen LogP contribution in [-0.2, 0) is 0 Å². The molecule has 1 amide bonds. The number of pyridine rings is 1. The lowest BCUT2D eigenvalue weighted by molar-refractivity contribution is 0.0966. The third-order valence-electron chi connectivity index (χ3n) is 2.38. The quantitative estimate of drug-likeness (QED) is 0.810. The van der Waals surface area contributed by atoms with Crippen LogP contribution in [0.3, 0.4) is 0 Å². The first-order chi connectivity index (χ1) is 8.57. The number of nitrogens with two attached hydrogens (primary N) is 1. The first kappa shape index (κ1) is 12.0. The zero-order valence-electron chi connectivity index (χ0n) is 9.67. The van der Waals surface area contributed by atoms with Gasteiger partial charge in [0.05, 0.1) is 6.26 Å². The van der Waals surface area contributed by atoms with Crippen LogP contribution in [0.15, 0.2) is 21.5 Å². The minimum absolute atomic E-state index is 0.0143. The van der Waals surface area contributed by atoms with Crippen LogP contribution in [0.4, 0.5) is 0 Å². The van der Waals surface area contributed by atoms with E-state index in [1.165, 1.54) is 12.3 Å². The Hall–Kier alpha value is -2.44. The Morgan fingerprint density at radius 1 is 1.61 bits per heavy atom. The molecular weight excluding hydrogens is 240 g/mol. The lowest BCUT2D eigenvalue weighted by Crippen LogP contribution is -2.33. The molecule has 2 heterocycles. The molecule has 0 atom stereocenters. The van der Waals surface area contributed by atoms with Gasteiger partial charge in [0, 0.05) is 6.07 Å². The van der Waals surface area contributed by atoms with Crippen molar-refractivity contribution in [1.29, 1.82) is 0 Å². The van der Waals surface area contributed by atoms with E-state index in [1.807, 2.05) is 6.92 Å². The molecule has 0 unspecified atom stereocenters. The number of aromatic nitrogens is 1. The van der Waals surface area contributed by atoms with Crippen molar-refractivity contribution in [2.75, 3.05) is 6.61 Å². The van der Waals surface area contributed by atoms with Crippen molar-refractivity contribution in [2.45, 2.75) is 13.3 Å². The average molecular weight is 252 g/mol. The Balaban J connectivity index is 2.78. The number of hydrogen-bond acceptors (Lipinski definition) is 5. The number of fused-ring (bicyclic) bond motifs is 1. The summed E-state index contributed by atoms with van der Waals surface area (Å²) in [5, 5.41) is 9.78. The third kappa shape index (κ3) is 1.69. The molecule has 0 bridgehead atoms. The minimum atomic E-state index is -1.04. The van der Waals surface area contributed by atoms with Gasteiger partial charge in [-0.2, -0.15) is 0 Å². The standard InChI is InChI=1S/C11H12N2O5/c1-2-4-18-13-6-3-5-17-9(6)8(14)7(10(12)15)11(13)16/h3,5,14H,2,4H2,1H3,(H2,12,15). The Morgan fingerprint density at radius 3 is 2.94 bits per heavy atom. The number of carbonyl (C=O) groups excluding carboxylic acids is 1. The Labute approximate surface area is 101 Å². The fourth-order valence-corrected chi connectivity index (χ4v) is 1.60. The predicted molar refractivity (Wildman–Crippen MR) is 62.4 cm³/mol. The molecule has 0 aliphatic carbocycles. The summed E-state index contributed by atoms with van der Waals surface area (Å²) in [5.41, 5.74) is 3.94. The van der Waals surface area contributed by atoms with E-state index in [1.54, 1.807) is 0 Å². The third-order valence-corrected chi connectivity index (χ3v) is 2.38. The summed E-state index contributed by atoms with van der Waals surface area (Å²) >= 11 is 0. The summed E-state index contributed by atoms with van der Waals surface area (Å²) in [7, 11) is 0. The van der Waals surface area contributed by atoms with Gasteiger partial charge in [0.25, 0.3) is 11.5 Å². The van der Waals surface area contributed by atoms with E-state index in [0.717, 1.165) is 4.73 Å². The number of hydrogen-bond donors (Lipinski definition) is 2. The number of rotatable bonds is 4. The lowest BCUT2D eigenvalue weighted by Gasteiger charge is -2.10. The van der Waals surface area contributed by atoms with Crippen LogP contribution in [0.25, 0.3) is 11.1 Å². The molecular formula is C11H12N2O5. The molecule has 7 heteroatoms. The van der Waals surface area contributed by atoms with E-state index < -0.39 is 22.8 Å². The van der Waals surface area contributed by atoms with Crippen molar-refractivity contribution in [1.82, 2.24) is 4.73 Å². The van der Waals surface area contributed by atoms with Crippen LogP contribution in [0.2, 0.25) is 0 Å². The Morgan fingerprint density at radius 2 is 2.33 bits per heavy atom. The van der Waals surface area contributed by atoms with Crippen molar-refractivity contribution in [3.63, 3.8) is 0 Å². The molecule has 7 nitrogen and oxygen atoms in total. The molecule has 3 N–H and O–H groups in total. The second kappa shape index (κ2) is 4.44. The maximum atomic E-state index is 12.0. The van der Waals surface area contributed by atoms with Gasteiger partial charge in [-0.1, -0.05) is 6.92 Å². The number of amides is 1. The van der Waals surface area contributed by atoms with Gasteiger partial charge >= 0.3 is 0 Å². The fraction of sp³-hybridized carbons (Fsp3) is 0.273. The molecule has 0 saturated carbocycles. The van der Waals surface area contributed by atoms with E-state index in [0.29, 0.717) is 6.42 Å². The van der Waals surface area contributed by atoms with E-state index in [-0.39, 0.29) is 17.7 Å². The SMILES string of the molecule is CCCOn1c(=O)c(C(N)=O)c(O)c2occc21. The molecule has 0 radical (unpaired) electrons. The smallest absolute Gasteiger partial charge is 0.300 e.